The van der Waals surface area contributed by atoms with Gasteiger partial charge in [0.05, 0.1) is 17.1 Å². The Bertz CT molecular complexity index is 714. The van der Waals surface area contributed by atoms with Gasteiger partial charge in [0.15, 0.2) is 6.61 Å². The van der Waals surface area contributed by atoms with E-state index in [2.05, 4.69) is 15.4 Å². The number of nitrogen functional groups attached to an aromatic ring is 1. The summed E-state index contributed by atoms with van der Waals surface area (Å²) < 4.78 is 6.61. The SMILES string of the molecule is N#Cc1ncn(-c2cc3c(cc2N)OCC(=O)N3)n1. The molecule has 0 radical (unpaired) electrons. The third-order valence-corrected chi connectivity index (χ3v) is 2.60. The van der Waals surface area contributed by atoms with E-state index in [0.29, 0.717) is 22.8 Å². The van der Waals surface area contributed by atoms with Crippen molar-refractivity contribution in [3.63, 3.8) is 0 Å². The van der Waals surface area contributed by atoms with Gasteiger partial charge in [-0.25, -0.2) is 9.67 Å². The van der Waals surface area contributed by atoms with Crippen LogP contribution in [0.5, 0.6) is 5.75 Å². The predicted octanol–water partition coefficient (Wildman–Crippen LogP) is 0.0521. The fourth-order valence-corrected chi connectivity index (χ4v) is 1.76. The minimum Gasteiger partial charge on any atom is -0.482 e. The smallest absolute Gasteiger partial charge is 0.262 e. The first-order valence-corrected chi connectivity index (χ1v) is 5.35. The Morgan fingerprint density at radius 3 is 3.11 bits per heavy atom. The van der Waals surface area contributed by atoms with Crippen molar-refractivity contribution in [3.05, 3.63) is 24.3 Å². The van der Waals surface area contributed by atoms with Crippen LogP contribution in [-0.2, 0) is 4.79 Å². The maximum absolute atomic E-state index is 11.3. The number of amides is 1. The number of nitrogens with two attached hydrogens (primary N) is 1. The van der Waals surface area contributed by atoms with Crippen molar-refractivity contribution < 1.29 is 9.53 Å². The van der Waals surface area contributed by atoms with E-state index in [0.717, 1.165) is 0 Å². The number of ether oxygens (including phenoxy) is 1. The Kier molecular flexibility index (Phi) is 2.32. The molecule has 3 rings (SSSR count). The van der Waals surface area contributed by atoms with Gasteiger partial charge in [-0.2, -0.15) is 5.26 Å². The van der Waals surface area contributed by atoms with E-state index >= 15 is 0 Å². The molecule has 0 saturated heterocycles. The monoisotopic (exact) mass is 256 g/mol. The summed E-state index contributed by atoms with van der Waals surface area (Å²) in [5.74, 6) is 0.304. The molecule has 19 heavy (non-hydrogen) atoms. The van der Waals surface area contributed by atoms with Crippen LogP contribution >= 0.6 is 0 Å². The number of nitrogens with one attached hydrogen (secondary N) is 1. The first kappa shape index (κ1) is 11.0. The Balaban J connectivity index is 2.09. The van der Waals surface area contributed by atoms with Crippen LogP contribution in [0.3, 0.4) is 0 Å². The molecule has 0 fully saturated rings. The van der Waals surface area contributed by atoms with Crippen molar-refractivity contribution in [1.82, 2.24) is 14.8 Å². The zero-order chi connectivity index (χ0) is 13.4. The highest BCUT2D eigenvalue weighted by molar-refractivity contribution is 5.96. The normalized spacial score (nSPS) is 13.1. The molecule has 1 aliphatic rings. The number of benzene rings is 1. The van der Waals surface area contributed by atoms with E-state index < -0.39 is 0 Å². The van der Waals surface area contributed by atoms with Crippen molar-refractivity contribution in [2.24, 2.45) is 0 Å². The van der Waals surface area contributed by atoms with Crippen molar-refractivity contribution in [1.29, 1.82) is 5.26 Å². The maximum Gasteiger partial charge on any atom is 0.262 e. The summed E-state index contributed by atoms with van der Waals surface area (Å²) in [6.07, 6.45) is 1.38. The van der Waals surface area contributed by atoms with Crippen molar-refractivity contribution in [3.8, 4) is 17.5 Å². The van der Waals surface area contributed by atoms with Crippen LogP contribution in [0.1, 0.15) is 5.82 Å². The summed E-state index contributed by atoms with van der Waals surface area (Å²) in [6.45, 7) is -0.0340. The number of nitrogens with zero attached hydrogens (tertiary/aromatic N) is 4. The number of hydrogen-bond donors (Lipinski definition) is 2. The topological polar surface area (TPSA) is 119 Å². The molecule has 0 atom stereocenters. The second kappa shape index (κ2) is 3.99. The molecule has 0 unspecified atom stereocenters. The van der Waals surface area contributed by atoms with Crippen LogP contribution in [0.4, 0.5) is 11.4 Å². The molecule has 3 N–H and O–H groups in total. The van der Waals surface area contributed by atoms with Crippen molar-refractivity contribution >= 4 is 17.3 Å². The van der Waals surface area contributed by atoms with Gasteiger partial charge in [-0.3, -0.25) is 4.79 Å². The molecule has 0 aliphatic carbocycles. The highest BCUT2D eigenvalue weighted by Crippen LogP contribution is 2.33. The second-order valence-electron chi connectivity index (χ2n) is 3.87. The number of nitriles is 1. The highest BCUT2D eigenvalue weighted by Gasteiger charge is 2.19. The number of carbonyl (C=O) groups is 1. The Morgan fingerprint density at radius 2 is 2.37 bits per heavy atom. The second-order valence-corrected chi connectivity index (χ2v) is 3.87. The first-order chi connectivity index (χ1) is 9.17. The van der Waals surface area contributed by atoms with Gasteiger partial charge >= 0.3 is 0 Å². The molecule has 1 aromatic carbocycles. The molecule has 0 bridgehead atoms. The number of anilines is 2. The van der Waals surface area contributed by atoms with E-state index in [-0.39, 0.29) is 18.3 Å². The van der Waals surface area contributed by atoms with Gasteiger partial charge in [0.2, 0.25) is 0 Å². The summed E-state index contributed by atoms with van der Waals surface area (Å²) in [7, 11) is 0. The van der Waals surface area contributed by atoms with Crippen molar-refractivity contribution in [2.45, 2.75) is 0 Å². The van der Waals surface area contributed by atoms with E-state index in [1.54, 1.807) is 12.1 Å². The lowest BCUT2D eigenvalue weighted by Crippen LogP contribution is -2.25. The predicted molar refractivity (Wildman–Crippen MR) is 64.6 cm³/mol. The zero-order valence-electron chi connectivity index (χ0n) is 9.62. The van der Waals surface area contributed by atoms with Gasteiger partial charge in [-0.05, 0) is 6.07 Å². The Labute approximate surface area is 107 Å². The molecular formula is C11H8N6O2. The quantitative estimate of drug-likeness (QED) is 0.696. The van der Waals surface area contributed by atoms with Crippen LogP contribution in [0.2, 0.25) is 0 Å². The Hall–Kier alpha value is -3.08. The van der Waals surface area contributed by atoms with Crippen LogP contribution in [-0.4, -0.2) is 27.3 Å². The van der Waals surface area contributed by atoms with Gasteiger partial charge < -0.3 is 15.8 Å². The lowest BCUT2D eigenvalue weighted by molar-refractivity contribution is -0.118. The minimum atomic E-state index is -0.237. The molecule has 8 nitrogen and oxygen atoms in total. The molecule has 94 valence electrons. The highest BCUT2D eigenvalue weighted by atomic mass is 16.5. The number of rotatable bonds is 1. The fourth-order valence-electron chi connectivity index (χ4n) is 1.76. The summed E-state index contributed by atoms with van der Waals surface area (Å²) >= 11 is 0. The van der Waals surface area contributed by atoms with Gasteiger partial charge in [0, 0.05) is 6.07 Å². The molecule has 0 saturated carbocycles. The summed E-state index contributed by atoms with van der Waals surface area (Å²) in [5.41, 5.74) is 7.33. The summed E-state index contributed by atoms with van der Waals surface area (Å²) in [6, 6.07) is 5.05. The summed E-state index contributed by atoms with van der Waals surface area (Å²) in [4.78, 5) is 15.1. The third-order valence-electron chi connectivity index (χ3n) is 2.60. The van der Waals surface area contributed by atoms with Crippen LogP contribution in [0.15, 0.2) is 18.5 Å². The fraction of sp³-hybridized carbons (Fsp3) is 0.0909. The van der Waals surface area contributed by atoms with Gasteiger partial charge in [-0.1, -0.05) is 0 Å². The maximum atomic E-state index is 11.3. The van der Waals surface area contributed by atoms with E-state index in [9.17, 15) is 4.79 Å². The summed E-state index contributed by atoms with van der Waals surface area (Å²) in [5, 5.41) is 15.3. The molecule has 1 amide bonds. The average Bonchev–Trinajstić information content (AvgIpc) is 2.87. The van der Waals surface area contributed by atoms with Crippen LogP contribution in [0.25, 0.3) is 5.69 Å². The number of carbonyl (C=O) groups excluding carboxylic acids is 1. The number of hydrogen-bond acceptors (Lipinski definition) is 6. The Morgan fingerprint density at radius 1 is 1.53 bits per heavy atom. The molecular weight excluding hydrogens is 248 g/mol. The molecule has 2 heterocycles. The van der Waals surface area contributed by atoms with E-state index in [1.165, 1.54) is 11.0 Å². The van der Waals surface area contributed by atoms with E-state index in [1.807, 2.05) is 6.07 Å². The lowest BCUT2D eigenvalue weighted by Gasteiger charge is -2.19. The lowest BCUT2D eigenvalue weighted by atomic mass is 10.2. The van der Waals surface area contributed by atoms with Crippen LogP contribution in [0, 0.1) is 11.3 Å². The molecule has 2 aromatic rings. The van der Waals surface area contributed by atoms with Crippen LogP contribution < -0.4 is 15.8 Å². The first-order valence-electron chi connectivity index (χ1n) is 5.35. The van der Waals surface area contributed by atoms with E-state index in [4.69, 9.17) is 15.7 Å². The largest absolute Gasteiger partial charge is 0.482 e. The third kappa shape index (κ3) is 1.83. The number of aromatic nitrogens is 3. The molecule has 8 heteroatoms. The standard InChI is InChI=1S/C11H8N6O2/c12-3-10-14-5-17(16-10)8-2-7-9(1-6(8)13)19-4-11(18)15-7/h1-2,5H,4,13H2,(H,15,18). The molecule has 1 aliphatic heterocycles. The zero-order valence-corrected chi connectivity index (χ0v) is 9.62. The molecule has 1 aromatic heterocycles. The van der Waals surface area contributed by atoms with Crippen molar-refractivity contribution in [2.75, 3.05) is 17.7 Å². The minimum absolute atomic E-state index is 0.0340. The number of fused-ring (bicyclic) bond motifs is 1. The molecule has 0 spiro atoms. The average molecular weight is 256 g/mol. The van der Waals surface area contributed by atoms with Gasteiger partial charge in [-0.15, -0.1) is 5.10 Å². The van der Waals surface area contributed by atoms with Gasteiger partial charge in [0.1, 0.15) is 18.1 Å². The van der Waals surface area contributed by atoms with Gasteiger partial charge in [0.25, 0.3) is 11.7 Å².